The zero-order chi connectivity index (χ0) is 24.0. The third-order valence-corrected chi connectivity index (χ3v) is 6.70. The number of aromatic nitrogens is 4. The standard InChI is InChI=1S/C19H19F3N5O6P/c20-9-4-11(22)10(21)3-8(9)12-1-2-30-34(33-12)31-5-13-15(28)16(29)19(32-13)27-7-26-14-17(23)24-6-25-18(14)27/h3-4,6-7,12-13,15-16,19,28-29H,1-2,5H2,(H2,23,24,25)/t12?,13-,15-,16-,19-,34?/m1/s1. The molecule has 4 N–H and O–H groups in total. The van der Waals surface area contributed by atoms with Gasteiger partial charge in [0.1, 0.15) is 36.0 Å². The van der Waals surface area contributed by atoms with Gasteiger partial charge in [-0.25, -0.2) is 28.1 Å². The molecule has 2 saturated heterocycles. The largest absolute Gasteiger partial charge is 0.387 e. The van der Waals surface area contributed by atoms with Crippen LogP contribution in [0.4, 0.5) is 19.0 Å². The Morgan fingerprint density at radius 3 is 2.74 bits per heavy atom. The molecule has 11 nitrogen and oxygen atoms in total. The monoisotopic (exact) mass is 501 g/mol. The molecule has 2 fully saturated rings. The van der Waals surface area contributed by atoms with Gasteiger partial charge in [0.2, 0.25) is 0 Å². The van der Waals surface area contributed by atoms with Crippen molar-refractivity contribution >= 4 is 25.6 Å². The molecular weight excluding hydrogens is 482 g/mol. The Morgan fingerprint density at radius 2 is 1.91 bits per heavy atom. The summed E-state index contributed by atoms with van der Waals surface area (Å²) in [6, 6.07) is 1.19. The number of halogens is 3. The number of ether oxygens (including phenoxy) is 1. The van der Waals surface area contributed by atoms with Crippen LogP contribution in [0.1, 0.15) is 24.3 Å². The van der Waals surface area contributed by atoms with Crippen LogP contribution in [0.2, 0.25) is 0 Å². The lowest BCUT2D eigenvalue weighted by Crippen LogP contribution is -2.33. The Hall–Kier alpha value is -2.45. The van der Waals surface area contributed by atoms with E-state index >= 15 is 0 Å². The summed E-state index contributed by atoms with van der Waals surface area (Å²) < 4.78 is 64.7. The summed E-state index contributed by atoms with van der Waals surface area (Å²) in [7, 11) is -2.02. The second kappa shape index (κ2) is 9.30. The zero-order valence-electron chi connectivity index (χ0n) is 17.3. The quantitative estimate of drug-likeness (QED) is 0.350. The predicted molar refractivity (Wildman–Crippen MR) is 109 cm³/mol. The van der Waals surface area contributed by atoms with Gasteiger partial charge >= 0.3 is 8.60 Å². The van der Waals surface area contributed by atoms with Crippen LogP contribution in [0, 0.1) is 17.5 Å². The third kappa shape index (κ3) is 4.22. The van der Waals surface area contributed by atoms with Gasteiger partial charge in [0.15, 0.2) is 29.3 Å². The molecule has 2 aliphatic heterocycles. The van der Waals surface area contributed by atoms with Gasteiger partial charge in [0.25, 0.3) is 0 Å². The number of benzene rings is 1. The number of nitrogens with zero attached hydrogens (tertiary/aromatic N) is 4. The van der Waals surface area contributed by atoms with E-state index in [1.54, 1.807) is 0 Å². The van der Waals surface area contributed by atoms with E-state index in [-0.39, 0.29) is 31.0 Å². The first kappa shape index (κ1) is 23.3. The number of hydrogen-bond acceptors (Lipinski definition) is 10. The first-order valence-corrected chi connectivity index (χ1v) is 11.2. The van der Waals surface area contributed by atoms with E-state index in [2.05, 4.69) is 15.0 Å². The number of nitrogens with two attached hydrogens (primary N) is 1. The van der Waals surface area contributed by atoms with E-state index in [0.29, 0.717) is 17.2 Å². The van der Waals surface area contributed by atoms with Gasteiger partial charge in [-0.3, -0.25) is 4.57 Å². The zero-order valence-corrected chi connectivity index (χ0v) is 18.2. The van der Waals surface area contributed by atoms with Crippen LogP contribution in [0.25, 0.3) is 11.2 Å². The maximum Gasteiger partial charge on any atom is 0.333 e. The molecule has 5 rings (SSSR count). The maximum atomic E-state index is 14.1. The van der Waals surface area contributed by atoms with Crippen molar-refractivity contribution in [2.24, 2.45) is 0 Å². The van der Waals surface area contributed by atoms with Crippen LogP contribution in [-0.2, 0) is 18.3 Å². The average molecular weight is 501 g/mol. The van der Waals surface area contributed by atoms with Crippen molar-refractivity contribution in [2.45, 2.75) is 37.1 Å². The highest BCUT2D eigenvalue weighted by Gasteiger charge is 2.45. The van der Waals surface area contributed by atoms with Gasteiger partial charge in [-0.15, -0.1) is 0 Å². The Balaban J connectivity index is 1.24. The summed E-state index contributed by atoms with van der Waals surface area (Å²) in [5, 5.41) is 21.0. The third-order valence-electron chi connectivity index (χ3n) is 5.52. The van der Waals surface area contributed by atoms with E-state index < -0.39 is 56.7 Å². The van der Waals surface area contributed by atoms with Crippen molar-refractivity contribution in [1.29, 1.82) is 0 Å². The molecule has 0 amide bonds. The van der Waals surface area contributed by atoms with Crippen molar-refractivity contribution < 1.29 is 41.7 Å². The summed E-state index contributed by atoms with van der Waals surface area (Å²) in [6.45, 7) is -0.118. The molecule has 0 spiro atoms. The van der Waals surface area contributed by atoms with Gasteiger partial charge in [-0.2, -0.15) is 0 Å². The van der Waals surface area contributed by atoms with E-state index in [0.717, 1.165) is 6.07 Å². The topological polar surface area (TPSA) is 147 Å². The van der Waals surface area contributed by atoms with Crippen LogP contribution in [-0.4, -0.2) is 61.3 Å². The molecule has 15 heteroatoms. The van der Waals surface area contributed by atoms with Crippen molar-refractivity contribution in [2.75, 3.05) is 18.9 Å². The number of nitrogen functional groups attached to an aromatic ring is 1. The summed E-state index contributed by atoms with van der Waals surface area (Å²) in [5.41, 5.74) is 6.25. The SMILES string of the molecule is Nc1ncnc2c1ncn2[C@@H]1O[C@H](COP2OCCC(c3cc(F)c(F)cc3F)O2)[C@@H](O)[C@H]1O. The smallest absolute Gasteiger partial charge is 0.333 e. The molecule has 0 saturated carbocycles. The minimum absolute atomic E-state index is 0.121. The molecule has 0 aliphatic carbocycles. The molecule has 34 heavy (non-hydrogen) atoms. The minimum atomic E-state index is -2.02. The number of rotatable bonds is 5. The fraction of sp³-hybridized carbons (Fsp3) is 0.421. The molecule has 1 aromatic carbocycles. The molecule has 3 aromatic rings. The molecule has 2 aliphatic rings. The molecule has 2 unspecified atom stereocenters. The minimum Gasteiger partial charge on any atom is -0.387 e. The van der Waals surface area contributed by atoms with Crippen LogP contribution < -0.4 is 5.73 Å². The number of imidazole rings is 1. The lowest BCUT2D eigenvalue weighted by Gasteiger charge is -2.29. The van der Waals surface area contributed by atoms with Crippen LogP contribution in [0.5, 0.6) is 0 Å². The van der Waals surface area contributed by atoms with E-state index in [4.69, 9.17) is 24.0 Å². The van der Waals surface area contributed by atoms with E-state index in [1.807, 2.05) is 0 Å². The van der Waals surface area contributed by atoms with Crippen molar-refractivity contribution in [3.05, 3.63) is 47.8 Å². The Morgan fingerprint density at radius 1 is 1.12 bits per heavy atom. The van der Waals surface area contributed by atoms with E-state index in [1.165, 1.54) is 17.2 Å². The molecule has 6 atom stereocenters. The van der Waals surface area contributed by atoms with Crippen molar-refractivity contribution in [1.82, 2.24) is 19.5 Å². The normalized spacial score (nSPS) is 29.7. The number of hydrogen-bond donors (Lipinski definition) is 3. The fourth-order valence-electron chi connectivity index (χ4n) is 3.77. The number of fused-ring (bicyclic) bond motifs is 1. The van der Waals surface area contributed by atoms with Crippen molar-refractivity contribution in [3.8, 4) is 0 Å². The second-order valence-corrected chi connectivity index (χ2v) is 8.83. The fourth-order valence-corrected chi connectivity index (χ4v) is 4.92. The first-order chi connectivity index (χ1) is 16.3. The van der Waals surface area contributed by atoms with Gasteiger partial charge in [-0.1, -0.05) is 0 Å². The van der Waals surface area contributed by atoms with E-state index in [9.17, 15) is 23.4 Å². The Kier molecular flexibility index (Phi) is 6.37. The summed E-state index contributed by atoms with van der Waals surface area (Å²) in [5.74, 6) is -3.29. The van der Waals surface area contributed by atoms with Crippen LogP contribution in [0.15, 0.2) is 24.8 Å². The number of aliphatic hydroxyl groups excluding tert-OH is 2. The molecular formula is C19H19F3N5O6P. The van der Waals surface area contributed by atoms with Gasteiger partial charge in [0.05, 0.1) is 25.6 Å². The first-order valence-electron chi connectivity index (χ1n) is 10.1. The highest BCUT2D eigenvalue weighted by molar-refractivity contribution is 7.41. The predicted octanol–water partition coefficient (Wildman–Crippen LogP) is 1.87. The Bertz CT molecular complexity index is 1200. The number of aliphatic hydroxyl groups is 2. The summed E-state index contributed by atoms with van der Waals surface area (Å²) >= 11 is 0. The van der Waals surface area contributed by atoms with Gasteiger partial charge in [-0.05, 0) is 6.07 Å². The molecule has 0 bridgehead atoms. The van der Waals surface area contributed by atoms with Crippen molar-refractivity contribution in [3.63, 3.8) is 0 Å². The highest BCUT2D eigenvalue weighted by atomic mass is 31.2. The number of anilines is 1. The Labute approximate surface area is 191 Å². The lowest BCUT2D eigenvalue weighted by atomic mass is 10.1. The second-order valence-electron chi connectivity index (χ2n) is 7.65. The molecule has 182 valence electrons. The van der Waals surface area contributed by atoms with Crippen LogP contribution in [0.3, 0.4) is 0 Å². The highest BCUT2D eigenvalue weighted by Crippen LogP contribution is 2.50. The molecule has 0 radical (unpaired) electrons. The maximum absolute atomic E-state index is 14.1. The molecule has 2 aromatic heterocycles. The molecule has 4 heterocycles. The van der Waals surface area contributed by atoms with Gasteiger partial charge in [0, 0.05) is 18.1 Å². The summed E-state index contributed by atoms with van der Waals surface area (Å²) in [6.07, 6.45) is -2.80. The van der Waals surface area contributed by atoms with Crippen LogP contribution >= 0.6 is 8.60 Å². The lowest BCUT2D eigenvalue weighted by molar-refractivity contribution is -0.0530. The summed E-state index contributed by atoms with van der Waals surface area (Å²) in [4.78, 5) is 12.1. The van der Waals surface area contributed by atoms with Gasteiger partial charge < -0.3 is 34.3 Å². The average Bonchev–Trinajstić information content (AvgIpc) is 3.37.